The van der Waals surface area contributed by atoms with Gasteiger partial charge in [-0.25, -0.2) is 8.42 Å². The number of rotatable bonds is 4. The average Bonchev–Trinajstić information content (AvgIpc) is 2.93. The second-order valence-corrected chi connectivity index (χ2v) is 8.24. The molecule has 2 aliphatic rings. The number of hydrogen-bond acceptors (Lipinski definition) is 4. The highest BCUT2D eigenvalue weighted by Crippen LogP contribution is 2.27. The summed E-state index contributed by atoms with van der Waals surface area (Å²) in [5, 5.41) is 0. The minimum absolute atomic E-state index is 0.0429. The first-order valence-corrected chi connectivity index (χ1v) is 9.47. The Kier molecular flexibility index (Phi) is 4.43. The Bertz CT molecular complexity index is 632. The predicted molar refractivity (Wildman–Crippen MR) is 86.4 cm³/mol. The van der Waals surface area contributed by atoms with Crippen molar-refractivity contribution in [3.05, 3.63) is 29.8 Å². The Morgan fingerprint density at radius 3 is 2.91 bits per heavy atom. The second-order valence-electron chi connectivity index (χ2n) is 6.32. The molecule has 2 saturated heterocycles. The fourth-order valence-electron chi connectivity index (χ4n) is 3.60. The lowest BCUT2D eigenvalue weighted by Gasteiger charge is -2.41. The van der Waals surface area contributed by atoms with Crippen LogP contribution >= 0.6 is 0 Å². The van der Waals surface area contributed by atoms with Gasteiger partial charge in [0.1, 0.15) is 5.75 Å². The molecule has 22 heavy (non-hydrogen) atoms. The maximum absolute atomic E-state index is 12.8. The van der Waals surface area contributed by atoms with Crippen molar-refractivity contribution >= 4 is 10.0 Å². The van der Waals surface area contributed by atoms with Gasteiger partial charge in [-0.1, -0.05) is 12.1 Å². The number of sulfonamides is 1. The number of piperazine rings is 1. The minimum atomic E-state index is -3.30. The largest absolute Gasteiger partial charge is 0.497 e. The van der Waals surface area contributed by atoms with E-state index in [-0.39, 0.29) is 11.8 Å². The number of fused-ring (bicyclic) bond motifs is 1. The van der Waals surface area contributed by atoms with Crippen LogP contribution in [0.2, 0.25) is 0 Å². The zero-order valence-corrected chi connectivity index (χ0v) is 14.1. The Balaban J connectivity index is 1.76. The van der Waals surface area contributed by atoms with E-state index >= 15 is 0 Å². The summed E-state index contributed by atoms with van der Waals surface area (Å²) >= 11 is 0. The molecule has 3 rings (SSSR count). The fraction of sp³-hybridized carbons (Fsp3) is 0.625. The monoisotopic (exact) mass is 324 g/mol. The van der Waals surface area contributed by atoms with Gasteiger partial charge in [0.25, 0.3) is 0 Å². The molecule has 1 aromatic carbocycles. The highest BCUT2D eigenvalue weighted by molar-refractivity contribution is 7.88. The fourth-order valence-corrected chi connectivity index (χ4v) is 5.38. The van der Waals surface area contributed by atoms with E-state index in [1.54, 1.807) is 17.5 Å². The van der Waals surface area contributed by atoms with Gasteiger partial charge in [-0.15, -0.1) is 0 Å². The number of hydrogen-bond donors (Lipinski definition) is 0. The number of ether oxygens (including phenoxy) is 1. The first kappa shape index (κ1) is 15.8. The minimum Gasteiger partial charge on any atom is -0.497 e. The molecule has 6 heteroatoms. The summed E-state index contributed by atoms with van der Waals surface area (Å²) in [5.74, 6) is 0.739. The molecule has 0 spiro atoms. The van der Waals surface area contributed by atoms with Crippen LogP contribution in [0, 0.1) is 0 Å². The van der Waals surface area contributed by atoms with E-state index in [0.29, 0.717) is 18.3 Å². The maximum Gasteiger partial charge on any atom is 0.218 e. The summed E-state index contributed by atoms with van der Waals surface area (Å²) in [6, 6.07) is 7.75. The normalized spacial score (nSPS) is 26.8. The van der Waals surface area contributed by atoms with Crippen molar-refractivity contribution in [1.29, 1.82) is 0 Å². The summed E-state index contributed by atoms with van der Waals surface area (Å²) in [5.41, 5.74) is 0.778. The number of nitrogens with zero attached hydrogens (tertiary/aromatic N) is 2. The van der Waals surface area contributed by atoms with Crippen molar-refractivity contribution in [2.75, 3.05) is 26.7 Å². The van der Waals surface area contributed by atoms with Gasteiger partial charge in [-0.3, -0.25) is 4.90 Å². The Morgan fingerprint density at radius 1 is 1.32 bits per heavy atom. The van der Waals surface area contributed by atoms with Crippen molar-refractivity contribution in [3.63, 3.8) is 0 Å². The van der Waals surface area contributed by atoms with Crippen LogP contribution in [0.3, 0.4) is 0 Å². The third-order valence-electron chi connectivity index (χ3n) is 4.72. The van der Waals surface area contributed by atoms with Gasteiger partial charge in [-0.05, 0) is 44.0 Å². The van der Waals surface area contributed by atoms with Crippen LogP contribution in [0.5, 0.6) is 5.75 Å². The molecule has 0 aliphatic carbocycles. The summed E-state index contributed by atoms with van der Waals surface area (Å²) in [6.45, 7) is 4.60. The predicted octanol–water partition coefficient (Wildman–Crippen LogP) is 1.69. The Morgan fingerprint density at radius 2 is 2.14 bits per heavy atom. The molecule has 0 aromatic heterocycles. The van der Waals surface area contributed by atoms with Crippen molar-refractivity contribution in [3.8, 4) is 5.75 Å². The van der Waals surface area contributed by atoms with Crippen LogP contribution in [0.1, 0.15) is 25.3 Å². The number of methoxy groups -OCH3 is 1. The molecule has 0 unspecified atom stereocenters. The van der Waals surface area contributed by atoms with Gasteiger partial charge in [-0.2, -0.15) is 4.31 Å². The lowest BCUT2D eigenvalue weighted by atomic mass is 10.1. The van der Waals surface area contributed by atoms with Crippen LogP contribution in [0.25, 0.3) is 0 Å². The highest BCUT2D eigenvalue weighted by Gasteiger charge is 2.39. The van der Waals surface area contributed by atoms with Gasteiger partial charge in [0, 0.05) is 25.2 Å². The van der Waals surface area contributed by atoms with Crippen molar-refractivity contribution in [2.24, 2.45) is 0 Å². The third kappa shape index (κ3) is 3.14. The molecule has 0 saturated carbocycles. The van der Waals surface area contributed by atoms with Crippen LogP contribution < -0.4 is 4.74 Å². The smallest absolute Gasteiger partial charge is 0.218 e. The SMILES string of the molecule is COc1cccc(CS(=O)(=O)N2C[C@@H]3CCCN3C[C@H]2C)c1. The molecular formula is C16H24N2O3S. The second kappa shape index (κ2) is 6.18. The molecule has 2 aliphatic heterocycles. The van der Waals surface area contributed by atoms with Crippen LogP contribution in [0.4, 0.5) is 0 Å². The van der Waals surface area contributed by atoms with Gasteiger partial charge >= 0.3 is 0 Å². The topological polar surface area (TPSA) is 49.9 Å². The lowest BCUT2D eigenvalue weighted by molar-refractivity contribution is 0.117. The van der Waals surface area contributed by atoms with E-state index < -0.39 is 10.0 Å². The van der Waals surface area contributed by atoms with E-state index in [0.717, 1.165) is 25.1 Å². The summed E-state index contributed by atoms with van der Waals surface area (Å²) in [6.07, 6.45) is 2.29. The Labute approximate surface area is 132 Å². The van der Waals surface area contributed by atoms with Gasteiger partial charge < -0.3 is 4.74 Å². The van der Waals surface area contributed by atoms with Gasteiger partial charge in [0.2, 0.25) is 10.0 Å². The van der Waals surface area contributed by atoms with Crippen molar-refractivity contribution in [2.45, 2.75) is 37.6 Å². The zero-order chi connectivity index (χ0) is 15.7. The quantitative estimate of drug-likeness (QED) is 0.846. The van der Waals surface area contributed by atoms with Crippen molar-refractivity contribution < 1.29 is 13.2 Å². The first-order chi connectivity index (χ1) is 10.5. The molecule has 2 fully saturated rings. The van der Waals surface area contributed by atoms with Gasteiger partial charge in [0.05, 0.1) is 12.9 Å². The molecule has 0 bridgehead atoms. The molecule has 2 heterocycles. The molecule has 1 aromatic rings. The van der Waals surface area contributed by atoms with E-state index in [9.17, 15) is 8.42 Å². The standard InChI is InChI=1S/C16H24N2O3S/c1-13-10-17-8-4-6-15(17)11-18(13)22(19,20)12-14-5-3-7-16(9-14)21-2/h3,5,7,9,13,15H,4,6,8,10-12H2,1-2H3/t13-,15+/m1/s1. The maximum atomic E-state index is 12.8. The molecular weight excluding hydrogens is 300 g/mol. The zero-order valence-electron chi connectivity index (χ0n) is 13.2. The van der Waals surface area contributed by atoms with Crippen molar-refractivity contribution in [1.82, 2.24) is 9.21 Å². The number of benzene rings is 1. The van der Waals surface area contributed by atoms with Crippen LogP contribution in [-0.4, -0.2) is 56.5 Å². The van der Waals surface area contributed by atoms with Gasteiger partial charge in [0.15, 0.2) is 0 Å². The Hall–Kier alpha value is -1.11. The lowest BCUT2D eigenvalue weighted by Crippen LogP contribution is -2.56. The van der Waals surface area contributed by atoms with E-state index in [1.807, 2.05) is 25.1 Å². The third-order valence-corrected chi connectivity index (χ3v) is 6.64. The summed E-state index contributed by atoms with van der Waals surface area (Å²) in [7, 11) is -1.71. The molecule has 0 N–H and O–H groups in total. The molecule has 0 radical (unpaired) electrons. The van der Waals surface area contributed by atoms with Crippen LogP contribution in [0.15, 0.2) is 24.3 Å². The summed E-state index contributed by atoms with van der Waals surface area (Å²) < 4.78 is 32.5. The van der Waals surface area contributed by atoms with E-state index in [1.165, 1.54) is 6.42 Å². The summed E-state index contributed by atoms with van der Waals surface area (Å²) in [4.78, 5) is 2.43. The highest BCUT2D eigenvalue weighted by atomic mass is 32.2. The van der Waals surface area contributed by atoms with E-state index in [2.05, 4.69) is 4.90 Å². The molecule has 122 valence electrons. The average molecular weight is 324 g/mol. The molecule has 5 nitrogen and oxygen atoms in total. The first-order valence-electron chi connectivity index (χ1n) is 7.86. The van der Waals surface area contributed by atoms with E-state index in [4.69, 9.17) is 4.74 Å². The van der Waals surface area contributed by atoms with Crippen LogP contribution in [-0.2, 0) is 15.8 Å². The molecule has 0 amide bonds. The molecule has 2 atom stereocenters.